The number of hydrogen-bond donors (Lipinski definition) is 0. The molecule has 0 bridgehead atoms. The van der Waals surface area contributed by atoms with E-state index >= 15 is 0 Å². The number of rotatable bonds is 3. The molecule has 0 atom stereocenters. The van der Waals surface area contributed by atoms with E-state index in [0.717, 1.165) is 17.8 Å². The first-order valence-electron chi connectivity index (χ1n) is 8.93. The molecule has 0 aliphatic carbocycles. The van der Waals surface area contributed by atoms with Crippen LogP contribution < -0.4 is 4.90 Å². The van der Waals surface area contributed by atoms with Gasteiger partial charge in [-0.3, -0.25) is 14.3 Å². The molecule has 2 aliphatic rings. The van der Waals surface area contributed by atoms with Gasteiger partial charge in [-0.1, -0.05) is 18.2 Å². The second kappa shape index (κ2) is 6.92. The molecular weight excluding hydrogens is 332 g/mol. The van der Waals surface area contributed by atoms with Crippen LogP contribution in [0, 0.1) is 6.92 Å². The minimum Gasteiger partial charge on any atom is -0.378 e. The summed E-state index contributed by atoms with van der Waals surface area (Å²) < 4.78 is 6.91. The molecule has 7 heteroatoms. The van der Waals surface area contributed by atoms with Crippen molar-refractivity contribution in [3.63, 3.8) is 0 Å². The SMILES string of the molecule is Cc1cc(C(=O)N2CCOCC2)nn1CC(=O)N1CCc2ccccc21. The summed E-state index contributed by atoms with van der Waals surface area (Å²) in [6.45, 7) is 4.96. The number of amides is 2. The van der Waals surface area contributed by atoms with Gasteiger partial charge in [-0.05, 0) is 31.0 Å². The fraction of sp³-hybridized carbons (Fsp3) is 0.421. The molecule has 1 aromatic carbocycles. The van der Waals surface area contributed by atoms with Crippen LogP contribution in [0.5, 0.6) is 0 Å². The minimum atomic E-state index is -0.103. The first-order valence-corrected chi connectivity index (χ1v) is 8.93. The van der Waals surface area contributed by atoms with Crippen molar-refractivity contribution in [3.05, 3.63) is 47.3 Å². The van der Waals surface area contributed by atoms with E-state index in [0.29, 0.717) is 38.5 Å². The second-order valence-corrected chi connectivity index (χ2v) is 6.66. The normalized spacial score (nSPS) is 16.7. The number of aryl methyl sites for hydroxylation is 1. The lowest BCUT2D eigenvalue weighted by atomic mass is 10.2. The zero-order chi connectivity index (χ0) is 18.1. The maximum atomic E-state index is 12.8. The number of aromatic nitrogens is 2. The van der Waals surface area contributed by atoms with Crippen molar-refractivity contribution in [3.8, 4) is 0 Å². The minimum absolute atomic E-state index is 0.00785. The Bertz CT molecular complexity index is 839. The number of nitrogens with zero attached hydrogens (tertiary/aromatic N) is 4. The Labute approximate surface area is 152 Å². The average Bonchev–Trinajstić information content (AvgIpc) is 3.26. The number of ether oxygens (including phenoxy) is 1. The van der Waals surface area contributed by atoms with Crippen LogP contribution in [0.4, 0.5) is 5.69 Å². The highest BCUT2D eigenvalue weighted by Crippen LogP contribution is 2.27. The number of carbonyl (C=O) groups is 2. The third-order valence-electron chi connectivity index (χ3n) is 4.97. The van der Waals surface area contributed by atoms with E-state index in [9.17, 15) is 9.59 Å². The molecule has 0 spiro atoms. The summed E-state index contributed by atoms with van der Waals surface area (Å²) >= 11 is 0. The summed E-state index contributed by atoms with van der Waals surface area (Å²) in [5, 5.41) is 4.39. The van der Waals surface area contributed by atoms with Gasteiger partial charge in [-0.15, -0.1) is 0 Å². The Morgan fingerprint density at radius 3 is 2.73 bits per heavy atom. The number of fused-ring (bicyclic) bond motifs is 1. The van der Waals surface area contributed by atoms with Crippen LogP contribution >= 0.6 is 0 Å². The van der Waals surface area contributed by atoms with E-state index in [4.69, 9.17) is 4.74 Å². The summed E-state index contributed by atoms with van der Waals surface area (Å²) in [4.78, 5) is 28.9. The number of benzene rings is 1. The summed E-state index contributed by atoms with van der Waals surface area (Å²) in [6.07, 6.45) is 0.876. The molecule has 26 heavy (non-hydrogen) atoms. The van der Waals surface area contributed by atoms with Gasteiger partial charge in [0.15, 0.2) is 5.69 Å². The van der Waals surface area contributed by atoms with Gasteiger partial charge in [0.1, 0.15) is 6.54 Å². The zero-order valence-corrected chi connectivity index (χ0v) is 14.9. The highest BCUT2D eigenvalue weighted by atomic mass is 16.5. The van der Waals surface area contributed by atoms with Crippen LogP contribution in [0.25, 0.3) is 0 Å². The van der Waals surface area contributed by atoms with E-state index in [-0.39, 0.29) is 18.4 Å². The van der Waals surface area contributed by atoms with Gasteiger partial charge < -0.3 is 14.5 Å². The fourth-order valence-electron chi connectivity index (χ4n) is 3.51. The molecule has 0 radical (unpaired) electrons. The molecule has 1 saturated heterocycles. The molecule has 3 heterocycles. The molecule has 7 nitrogen and oxygen atoms in total. The van der Waals surface area contributed by atoms with E-state index in [2.05, 4.69) is 11.2 Å². The number of para-hydroxylation sites is 1. The van der Waals surface area contributed by atoms with Gasteiger partial charge in [0.25, 0.3) is 5.91 Å². The van der Waals surface area contributed by atoms with Crippen LogP contribution in [-0.2, 0) is 22.5 Å². The molecule has 136 valence electrons. The lowest BCUT2D eigenvalue weighted by Gasteiger charge is -2.25. The third-order valence-corrected chi connectivity index (χ3v) is 4.97. The number of hydrogen-bond acceptors (Lipinski definition) is 4. The number of carbonyl (C=O) groups excluding carboxylic acids is 2. The summed E-state index contributed by atoms with van der Waals surface area (Å²) in [7, 11) is 0. The van der Waals surface area contributed by atoms with E-state index in [1.807, 2.05) is 25.1 Å². The van der Waals surface area contributed by atoms with Crippen LogP contribution in [-0.4, -0.2) is 59.3 Å². The summed E-state index contributed by atoms with van der Waals surface area (Å²) in [5.41, 5.74) is 3.37. The summed E-state index contributed by atoms with van der Waals surface area (Å²) in [5.74, 6) is -0.111. The first kappa shape index (κ1) is 16.8. The topological polar surface area (TPSA) is 67.7 Å². The summed E-state index contributed by atoms with van der Waals surface area (Å²) in [6, 6.07) is 9.73. The molecule has 1 aromatic heterocycles. The first-order chi connectivity index (χ1) is 12.6. The Hall–Kier alpha value is -2.67. The van der Waals surface area contributed by atoms with E-state index < -0.39 is 0 Å². The van der Waals surface area contributed by atoms with Crippen molar-refractivity contribution >= 4 is 17.5 Å². The van der Waals surface area contributed by atoms with Crippen molar-refractivity contribution in [2.45, 2.75) is 19.9 Å². The largest absolute Gasteiger partial charge is 0.378 e. The lowest BCUT2D eigenvalue weighted by Crippen LogP contribution is -2.41. The Kier molecular flexibility index (Phi) is 4.46. The van der Waals surface area contributed by atoms with Crippen molar-refractivity contribution < 1.29 is 14.3 Å². The molecular formula is C19H22N4O3. The highest BCUT2D eigenvalue weighted by molar-refractivity contribution is 5.95. The van der Waals surface area contributed by atoms with Gasteiger partial charge >= 0.3 is 0 Å². The molecule has 1 fully saturated rings. The van der Waals surface area contributed by atoms with Gasteiger partial charge in [0.05, 0.1) is 13.2 Å². The quantitative estimate of drug-likeness (QED) is 0.832. The maximum absolute atomic E-state index is 12.8. The van der Waals surface area contributed by atoms with Crippen LogP contribution in [0.3, 0.4) is 0 Å². The van der Waals surface area contributed by atoms with Gasteiger partial charge in [0.2, 0.25) is 5.91 Å². The second-order valence-electron chi connectivity index (χ2n) is 6.66. The van der Waals surface area contributed by atoms with E-state index in [1.165, 1.54) is 5.56 Å². The molecule has 0 N–H and O–H groups in total. The molecule has 2 aromatic rings. The van der Waals surface area contributed by atoms with E-state index in [1.54, 1.807) is 20.5 Å². The monoisotopic (exact) mass is 354 g/mol. The Balaban J connectivity index is 1.48. The van der Waals surface area contributed by atoms with Gasteiger partial charge in [-0.2, -0.15) is 5.10 Å². The maximum Gasteiger partial charge on any atom is 0.274 e. The molecule has 4 rings (SSSR count). The zero-order valence-electron chi connectivity index (χ0n) is 14.9. The van der Waals surface area contributed by atoms with Gasteiger partial charge in [-0.25, -0.2) is 0 Å². The van der Waals surface area contributed by atoms with Gasteiger partial charge in [0, 0.05) is 31.0 Å². The van der Waals surface area contributed by atoms with Crippen molar-refractivity contribution in [1.29, 1.82) is 0 Å². The lowest BCUT2D eigenvalue weighted by molar-refractivity contribution is -0.119. The third kappa shape index (κ3) is 3.10. The molecule has 0 saturated carbocycles. The fourth-order valence-corrected chi connectivity index (χ4v) is 3.51. The Morgan fingerprint density at radius 1 is 1.15 bits per heavy atom. The molecule has 2 aliphatic heterocycles. The van der Waals surface area contributed by atoms with Crippen molar-refractivity contribution in [2.75, 3.05) is 37.7 Å². The number of morpholine rings is 1. The molecule has 0 unspecified atom stereocenters. The van der Waals surface area contributed by atoms with Crippen LogP contribution in [0.15, 0.2) is 30.3 Å². The molecule has 2 amide bonds. The van der Waals surface area contributed by atoms with Crippen LogP contribution in [0.2, 0.25) is 0 Å². The van der Waals surface area contributed by atoms with Crippen molar-refractivity contribution in [2.24, 2.45) is 0 Å². The predicted octanol–water partition coefficient (Wildman–Crippen LogP) is 1.25. The Morgan fingerprint density at radius 2 is 1.92 bits per heavy atom. The smallest absolute Gasteiger partial charge is 0.274 e. The standard InChI is InChI=1S/C19H22N4O3/c1-14-12-16(19(25)21-8-10-26-11-9-21)20-23(14)13-18(24)22-7-6-15-4-2-3-5-17(15)22/h2-5,12H,6-11,13H2,1H3. The predicted molar refractivity (Wildman–Crippen MR) is 96.2 cm³/mol. The number of anilines is 1. The van der Waals surface area contributed by atoms with Crippen molar-refractivity contribution in [1.82, 2.24) is 14.7 Å². The van der Waals surface area contributed by atoms with Crippen LogP contribution in [0.1, 0.15) is 21.7 Å². The average molecular weight is 354 g/mol. The highest BCUT2D eigenvalue weighted by Gasteiger charge is 2.26.